The molecule has 0 aliphatic rings. The lowest BCUT2D eigenvalue weighted by molar-refractivity contribution is 0.00521. The Morgan fingerprint density at radius 3 is 1.48 bits per heavy atom. The number of rotatable bonds is 9. The molecule has 4 aromatic carbocycles. The number of aliphatic hydroxyl groups is 1. The Bertz CT molecular complexity index is 984. The summed E-state index contributed by atoms with van der Waals surface area (Å²) in [6.45, 7) is 0.230. The summed E-state index contributed by atoms with van der Waals surface area (Å²) in [5.41, 5.74) is 3.24. The van der Waals surface area contributed by atoms with Gasteiger partial charge in [0, 0.05) is 4.90 Å². The molecule has 2 nitrogen and oxygen atoms in total. The lowest BCUT2D eigenvalue weighted by Gasteiger charge is -2.26. The first-order valence-corrected chi connectivity index (χ1v) is 11.4. The fourth-order valence-corrected chi connectivity index (χ4v) is 4.72. The normalized spacial score (nSPS) is 13.1. The van der Waals surface area contributed by atoms with Gasteiger partial charge in [-0.1, -0.05) is 109 Å². The highest BCUT2D eigenvalue weighted by Gasteiger charge is 2.25. The maximum Gasteiger partial charge on any atom is 0.108 e. The van der Waals surface area contributed by atoms with E-state index in [2.05, 4.69) is 48.5 Å². The second kappa shape index (κ2) is 11.0. The zero-order chi connectivity index (χ0) is 21.3. The molecule has 0 unspecified atom stereocenters. The summed E-state index contributed by atoms with van der Waals surface area (Å²) in [7, 11) is 0. The Labute approximate surface area is 188 Å². The average molecular weight is 427 g/mol. The van der Waals surface area contributed by atoms with E-state index in [0.717, 1.165) is 21.6 Å². The predicted octanol–water partition coefficient (Wildman–Crippen LogP) is 6.69. The average Bonchev–Trinajstić information content (AvgIpc) is 2.85. The van der Waals surface area contributed by atoms with Gasteiger partial charge in [0.05, 0.1) is 18.0 Å². The summed E-state index contributed by atoms with van der Waals surface area (Å²) in [5, 5.41) is 11.1. The van der Waals surface area contributed by atoms with Crippen molar-refractivity contribution in [3.05, 3.63) is 138 Å². The largest absolute Gasteiger partial charge is 0.389 e. The maximum absolute atomic E-state index is 11.2. The van der Waals surface area contributed by atoms with Gasteiger partial charge in [-0.3, -0.25) is 0 Å². The minimum atomic E-state index is -0.664. The molecule has 3 heteroatoms. The molecule has 0 heterocycles. The van der Waals surface area contributed by atoms with Gasteiger partial charge in [-0.25, -0.2) is 0 Å². The Kier molecular flexibility index (Phi) is 7.56. The lowest BCUT2D eigenvalue weighted by atomic mass is 10.0. The molecule has 0 saturated carbocycles. The van der Waals surface area contributed by atoms with Gasteiger partial charge in [0.25, 0.3) is 0 Å². The number of hydrogen-bond donors (Lipinski definition) is 1. The molecular weight excluding hydrogens is 400 g/mol. The summed E-state index contributed by atoms with van der Waals surface area (Å²) in [6, 6.07) is 40.7. The Morgan fingerprint density at radius 1 is 0.581 bits per heavy atom. The molecule has 0 aromatic heterocycles. The van der Waals surface area contributed by atoms with Crippen molar-refractivity contribution in [1.82, 2.24) is 0 Å². The second-order valence-corrected chi connectivity index (χ2v) is 8.58. The minimum absolute atomic E-state index is 0.129. The SMILES string of the molecule is O[C@@H](COC(c1ccccc1)c1ccccc1)[C@H](Sc1ccccc1)c1ccccc1. The van der Waals surface area contributed by atoms with Crippen molar-refractivity contribution in [2.24, 2.45) is 0 Å². The van der Waals surface area contributed by atoms with E-state index in [1.54, 1.807) is 11.8 Å². The fraction of sp³-hybridized carbons (Fsp3) is 0.143. The molecule has 156 valence electrons. The molecule has 0 radical (unpaired) electrons. The van der Waals surface area contributed by atoms with Crippen LogP contribution in [0.25, 0.3) is 0 Å². The molecule has 31 heavy (non-hydrogen) atoms. The van der Waals surface area contributed by atoms with Gasteiger partial charge in [-0.15, -0.1) is 11.8 Å². The first kappa shape index (κ1) is 21.4. The highest BCUT2D eigenvalue weighted by Crippen LogP contribution is 2.38. The third-order valence-corrected chi connectivity index (χ3v) is 6.51. The van der Waals surface area contributed by atoms with E-state index < -0.39 is 6.10 Å². The van der Waals surface area contributed by atoms with Crippen LogP contribution in [0.4, 0.5) is 0 Å². The zero-order valence-corrected chi connectivity index (χ0v) is 18.1. The third kappa shape index (κ3) is 5.86. The molecular formula is C28H26O2S. The van der Waals surface area contributed by atoms with Gasteiger partial charge in [0.1, 0.15) is 6.10 Å². The third-order valence-electron chi connectivity index (χ3n) is 5.12. The molecule has 0 amide bonds. The standard InChI is InChI=1S/C28H26O2S/c29-26(28(24-17-9-3-10-18-24)31-25-19-11-4-12-20-25)21-30-27(22-13-5-1-6-14-22)23-15-7-2-8-16-23/h1-20,26-29H,21H2/t26-,28+/m0/s1. The smallest absolute Gasteiger partial charge is 0.108 e. The molecule has 0 spiro atoms. The van der Waals surface area contributed by atoms with Crippen molar-refractivity contribution in [2.75, 3.05) is 6.61 Å². The van der Waals surface area contributed by atoms with E-state index in [4.69, 9.17) is 4.74 Å². The fourth-order valence-electron chi connectivity index (χ4n) is 3.58. The molecule has 0 bridgehead atoms. The van der Waals surface area contributed by atoms with Crippen LogP contribution in [0.15, 0.2) is 126 Å². The van der Waals surface area contributed by atoms with Crippen molar-refractivity contribution in [1.29, 1.82) is 0 Å². The molecule has 2 atom stereocenters. The summed E-state index contributed by atoms with van der Waals surface area (Å²) in [4.78, 5) is 1.12. The van der Waals surface area contributed by atoms with Gasteiger partial charge in [0.15, 0.2) is 0 Å². The van der Waals surface area contributed by atoms with Crippen LogP contribution in [0.5, 0.6) is 0 Å². The van der Waals surface area contributed by atoms with Gasteiger partial charge < -0.3 is 9.84 Å². The van der Waals surface area contributed by atoms with Gasteiger partial charge in [-0.05, 0) is 28.8 Å². The molecule has 0 saturated heterocycles. The van der Waals surface area contributed by atoms with E-state index in [-0.39, 0.29) is 18.0 Å². The maximum atomic E-state index is 11.2. The van der Waals surface area contributed by atoms with E-state index in [1.807, 2.05) is 72.8 Å². The Morgan fingerprint density at radius 2 is 1.00 bits per heavy atom. The quantitative estimate of drug-likeness (QED) is 0.302. The zero-order valence-electron chi connectivity index (χ0n) is 17.2. The van der Waals surface area contributed by atoms with Crippen LogP contribution in [-0.2, 0) is 4.74 Å². The van der Waals surface area contributed by atoms with Crippen molar-refractivity contribution in [3.63, 3.8) is 0 Å². The van der Waals surface area contributed by atoms with Crippen molar-refractivity contribution < 1.29 is 9.84 Å². The van der Waals surface area contributed by atoms with E-state index in [9.17, 15) is 5.11 Å². The van der Waals surface area contributed by atoms with Crippen LogP contribution >= 0.6 is 11.8 Å². The van der Waals surface area contributed by atoms with Crippen molar-refractivity contribution in [2.45, 2.75) is 22.4 Å². The second-order valence-electron chi connectivity index (χ2n) is 7.36. The van der Waals surface area contributed by atoms with E-state index in [0.29, 0.717) is 0 Å². The molecule has 1 N–H and O–H groups in total. The van der Waals surface area contributed by atoms with E-state index in [1.165, 1.54) is 0 Å². The summed E-state index contributed by atoms with van der Waals surface area (Å²) in [6.07, 6.45) is -0.891. The Balaban J connectivity index is 1.54. The van der Waals surface area contributed by atoms with Crippen LogP contribution in [0.3, 0.4) is 0 Å². The molecule has 0 aliphatic heterocycles. The molecule has 0 aliphatic carbocycles. The summed E-state index contributed by atoms with van der Waals surface area (Å²) < 4.78 is 6.35. The van der Waals surface area contributed by atoms with Crippen LogP contribution < -0.4 is 0 Å². The van der Waals surface area contributed by atoms with E-state index >= 15 is 0 Å². The number of aliphatic hydroxyl groups excluding tert-OH is 1. The van der Waals surface area contributed by atoms with Gasteiger partial charge >= 0.3 is 0 Å². The first-order valence-electron chi connectivity index (χ1n) is 10.5. The number of ether oxygens (including phenoxy) is 1. The highest BCUT2D eigenvalue weighted by molar-refractivity contribution is 7.99. The number of hydrogen-bond acceptors (Lipinski definition) is 3. The summed E-state index contributed by atoms with van der Waals surface area (Å²) >= 11 is 1.66. The van der Waals surface area contributed by atoms with Crippen LogP contribution in [0.2, 0.25) is 0 Å². The number of thioether (sulfide) groups is 1. The van der Waals surface area contributed by atoms with Crippen LogP contribution in [0, 0.1) is 0 Å². The first-order chi connectivity index (χ1) is 15.3. The van der Waals surface area contributed by atoms with Crippen LogP contribution in [-0.4, -0.2) is 17.8 Å². The summed E-state index contributed by atoms with van der Waals surface area (Å²) in [5.74, 6) is 0. The molecule has 4 rings (SSSR count). The molecule has 4 aromatic rings. The van der Waals surface area contributed by atoms with Crippen molar-refractivity contribution >= 4 is 11.8 Å². The van der Waals surface area contributed by atoms with Crippen LogP contribution in [0.1, 0.15) is 28.0 Å². The topological polar surface area (TPSA) is 29.5 Å². The number of benzene rings is 4. The minimum Gasteiger partial charge on any atom is -0.389 e. The monoisotopic (exact) mass is 426 g/mol. The predicted molar refractivity (Wildman–Crippen MR) is 128 cm³/mol. The van der Waals surface area contributed by atoms with Gasteiger partial charge in [-0.2, -0.15) is 0 Å². The Hall–Kier alpha value is -2.85. The lowest BCUT2D eigenvalue weighted by Crippen LogP contribution is -2.24. The molecule has 0 fully saturated rings. The van der Waals surface area contributed by atoms with Gasteiger partial charge in [0.2, 0.25) is 0 Å². The highest BCUT2D eigenvalue weighted by atomic mass is 32.2. The van der Waals surface area contributed by atoms with Crippen molar-refractivity contribution in [3.8, 4) is 0 Å².